The van der Waals surface area contributed by atoms with Gasteiger partial charge in [-0.15, -0.1) is 0 Å². The molecule has 1 aromatic rings. The van der Waals surface area contributed by atoms with Gasteiger partial charge in [0.15, 0.2) is 5.96 Å². The first-order chi connectivity index (χ1) is 12.3. The van der Waals surface area contributed by atoms with Crippen molar-refractivity contribution in [2.45, 2.75) is 44.2 Å². The van der Waals surface area contributed by atoms with E-state index in [2.05, 4.69) is 24.7 Å². The molecular weight excluding hydrogens is 314 g/mol. The summed E-state index contributed by atoms with van der Waals surface area (Å²) in [4.78, 5) is 20.5. The Labute approximate surface area is 149 Å². The standard InChI is InChI=1S/C18H29N7/c19-17(22-14-16-4-1-2-9-25(16)15-5-6-15)23-10-12-24(13-11-23)18-20-7-3-8-21-18/h3,7-8,15-16H,1-2,4-6,9-14H2,(H2,19,22). The van der Waals surface area contributed by atoms with E-state index in [1.807, 2.05) is 6.07 Å². The summed E-state index contributed by atoms with van der Waals surface area (Å²) < 4.78 is 0. The highest BCUT2D eigenvalue weighted by Gasteiger charge is 2.35. The highest BCUT2D eigenvalue weighted by Crippen LogP contribution is 2.32. The van der Waals surface area contributed by atoms with Crippen LogP contribution in [0.3, 0.4) is 0 Å². The summed E-state index contributed by atoms with van der Waals surface area (Å²) in [6, 6.07) is 3.27. The topological polar surface area (TPSA) is 73.9 Å². The van der Waals surface area contributed by atoms with Crippen molar-refractivity contribution < 1.29 is 0 Å². The van der Waals surface area contributed by atoms with Crippen molar-refractivity contribution in [2.24, 2.45) is 10.7 Å². The number of aliphatic imine (C=N–C) groups is 1. The number of nitrogens with zero attached hydrogens (tertiary/aromatic N) is 6. The largest absolute Gasteiger partial charge is 0.370 e. The normalized spacial score (nSPS) is 26.1. The van der Waals surface area contributed by atoms with Gasteiger partial charge >= 0.3 is 0 Å². The fourth-order valence-electron chi connectivity index (χ4n) is 3.99. The van der Waals surface area contributed by atoms with Crippen molar-refractivity contribution in [2.75, 3.05) is 44.2 Å². The van der Waals surface area contributed by atoms with Crippen LogP contribution in [0.15, 0.2) is 23.5 Å². The molecule has 0 bridgehead atoms. The minimum absolute atomic E-state index is 0.596. The van der Waals surface area contributed by atoms with E-state index in [0.717, 1.165) is 44.7 Å². The van der Waals surface area contributed by atoms with Crippen molar-refractivity contribution in [1.82, 2.24) is 19.8 Å². The van der Waals surface area contributed by atoms with Crippen LogP contribution in [-0.2, 0) is 0 Å². The highest BCUT2D eigenvalue weighted by atomic mass is 15.4. The summed E-state index contributed by atoms with van der Waals surface area (Å²) in [5, 5.41) is 0. The lowest BCUT2D eigenvalue weighted by atomic mass is 10.0. The zero-order valence-electron chi connectivity index (χ0n) is 14.9. The maximum atomic E-state index is 6.29. The molecule has 0 aromatic carbocycles. The molecule has 2 N–H and O–H groups in total. The number of rotatable bonds is 4. The highest BCUT2D eigenvalue weighted by molar-refractivity contribution is 5.78. The van der Waals surface area contributed by atoms with E-state index in [0.29, 0.717) is 12.0 Å². The Bertz CT molecular complexity index is 578. The average molecular weight is 343 g/mol. The van der Waals surface area contributed by atoms with E-state index in [-0.39, 0.29) is 0 Å². The van der Waals surface area contributed by atoms with Gasteiger partial charge < -0.3 is 15.5 Å². The van der Waals surface area contributed by atoms with Gasteiger partial charge in [0.1, 0.15) is 0 Å². The van der Waals surface area contributed by atoms with E-state index in [1.54, 1.807) is 12.4 Å². The molecular formula is C18H29N7. The van der Waals surface area contributed by atoms with Crippen molar-refractivity contribution in [3.63, 3.8) is 0 Å². The third-order valence-corrected chi connectivity index (χ3v) is 5.59. The third-order valence-electron chi connectivity index (χ3n) is 5.59. The molecule has 3 heterocycles. The summed E-state index contributed by atoms with van der Waals surface area (Å²) in [6.07, 6.45) is 10.3. The molecule has 1 aromatic heterocycles. The van der Waals surface area contributed by atoms with Gasteiger partial charge in [-0.2, -0.15) is 0 Å². The van der Waals surface area contributed by atoms with Crippen molar-refractivity contribution in [3.8, 4) is 0 Å². The average Bonchev–Trinajstić information content (AvgIpc) is 3.52. The molecule has 2 aliphatic heterocycles. The number of guanidine groups is 1. The van der Waals surface area contributed by atoms with Crippen molar-refractivity contribution in [3.05, 3.63) is 18.5 Å². The molecule has 25 heavy (non-hydrogen) atoms. The smallest absolute Gasteiger partial charge is 0.225 e. The van der Waals surface area contributed by atoms with Crippen molar-refractivity contribution >= 4 is 11.9 Å². The molecule has 0 spiro atoms. The monoisotopic (exact) mass is 343 g/mol. The Morgan fingerprint density at radius 1 is 1.04 bits per heavy atom. The molecule has 1 atom stereocenters. The fourth-order valence-corrected chi connectivity index (χ4v) is 3.99. The zero-order chi connectivity index (χ0) is 17.1. The van der Waals surface area contributed by atoms with E-state index < -0.39 is 0 Å². The van der Waals surface area contributed by atoms with Crippen LogP contribution in [0.2, 0.25) is 0 Å². The second kappa shape index (κ2) is 7.56. The predicted octanol–water partition coefficient (Wildman–Crippen LogP) is 0.930. The predicted molar refractivity (Wildman–Crippen MR) is 99.7 cm³/mol. The second-order valence-corrected chi connectivity index (χ2v) is 7.34. The van der Waals surface area contributed by atoms with Crippen LogP contribution in [-0.4, -0.2) is 77.1 Å². The van der Waals surface area contributed by atoms with Crippen LogP contribution in [0.1, 0.15) is 32.1 Å². The summed E-state index contributed by atoms with van der Waals surface area (Å²) >= 11 is 0. The number of hydrogen-bond acceptors (Lipinski definition) is 5. The third kappa shape index (κ3) is 4.03. The summed E-state index contributed by atoms with van der Waals surface area (Å²) in [5.74, 6) is 1.51. The van der Waals surface area contributed by atoms with Gasteiger partial charge in [-0.05, 0) is 38.3 Å². The molecule has 1 saturated carbocycles. The Balaban J connectivity index is 1.29. The fraction of sp³-hybridized carbons (Fsp3) is 0.722. The lowest BCUT2D eigenvalue weighted by Crippen LogP contribution is -2.52. The summed E-state index contributed by atoms with van der Waals surface area (Å²) in [7, 11) is 0. The first-order valence-corrected chi connectivity index (χ1v) is 9.64. The van der Waals surface area contributed by atoms with Crippen LogP contribution in [0.4, 0.5) is 5.95 Å². The zero-order valence-corrected chi connectivity index (χ0v) is 14.9. The molecule has 7 nitrogen and oxygen atoms in total. The lowest BCUT2D eigenvalue weighted by Gasteiger charge is -2.37. The molecule has 0 radical (unpaired) electrons. The van der Waals surface area contributed by atoms with E-state index in [9.17, 15) is 0 Å². The van der Waals surface area contributed by atoms with Crippen LogP contribution in [0.5, 0.6) is 0 Å². The van der Waals surface area contributed by atoms with Crippen molar-refractivity contribution in [1.29, 1.82) is 0 Å². The second-order valence-electron chi connectivity index (χ2n) is 7.34. The molecule has 1 unspecified atom stereocenters. The van der Waals surface area contributed by atoms with Gasteiger partial charge in [-0.1, -0.05) is 6.42 Å². The first-order valence-electron chi connectivity index (χ1n) is 9.64. The number of anilines is 1. The first kappa shape index (κ1) is 16.6. The maximum absolute atomic E-state index is 6.29. The SMILES string of the molecule is NC(=NCC1CCCCN1C1CC1)N1CCN(c2ncccn2)CC1. The molecule has 7 heteroatoms. The Hall–Kier alpha value is -1.89. The molecule has 2 saturated heterocycles. The van der Waals surface area contributed by atoms with Crippen LogP contribution < -0.4 is 10.6 Å². The van der Waals surface area contributed by atoms with Gasteiger partial charge in [-0.3, -0.25) is 9.89 Å². The summed E-state index contributed by atoms with van der Waals surface area (Å²) in [6.45, 7) is 5.63. The molecule has 3 fully saturated rings. The van der Waals surface area contributed by atoms with Gasteiger partial charge in [0.2, 0.25) is 5.95 Å². The number of likely N-dealkylation sites (tertiary alicyclic amines) is 1. The molecule has 136 valence electrons. The molecule has 0 amide bonds. The summed E-state index contributed by atoms with van der Waals surface area (Å²) in [5.41, 5.74) is 6.29. The van der Waals surface area contributed by atoms with E-state index in [1.165, 1.54) is 38.6 Å². The maximum Gasteiger partial charge on any atom is 0.225 e. The number of aromatic nitrogens is 2. The quantitative estimate of drug-likeness (QED) is 0.648. The molecule has 1 aliphatic carbocycles. The lowest BCUT2D eigenvalue weighted by molar-refractivity contribution is 0.144. The van der Waals surface area contributed by atoms with Gasteiger partial charge in [-0.25, -0.2) is 9.97 Å². The Kier molecular flexibility index (Phi) is 5.01. The van der Waals surface area contributed by atoms with Gasteiger partial charge in [0.05, 0.1) is 6.54 Å². The number of piperazine rings is 1. The van der Waals surface area contributed by atoms with Crippen LogP contribution in [0, 0.1) is 0 Å². The number of piperidine rings is 1. The van der Waals surface area contributed by atoms with E-state index in [4.69, 9.17) is 10.7 Å². The van der Waals surface area contributed by atoms with Crippen LogP contribution in [0.25, 0.3) is 0 Å². The van der Waals surface area contributed by atoms with Gasteiger partial charge in [0, 0.05) is 50.7 Å². The Morgan fingerprint density at radius 2 is 1.80 bits per heavy atom. The molecule has 3 aliphatic rings. The molecule has 4 rings (SSSR count). The number of hydrogen-bond donors (Lipinski definition) is 1. The van der Waals surface area contributed by atoms with E-state index >= 15 is 0 Å². The van der Waals surface area contributed by atoms with Crippen LogP contribution >= 0.6 is 0 Å². The minimum atomic E-state index is 0.596. The number of nitrogens with two attached hydrogens (primary N) is 1. The Morgan fingerprint density at radius 3 is 2.52 bits per heavy atom. The van der Waals surface area contributed by atoms with Gasteiger partial charge in [0.25, 0.3) is 0 Å². The minimum Gasteiger partial charge on any atom is -0.370 e.